The van der Waals surface area contributed by atoms with Gasteiger partial charge in [-0.25, -0.2) is 0 Å². The minimum atomic E-state index is 0.539. The maximum absolute atomic E-state index is 4.45. The van der Waals surface area contributed by atoms with E-state index in [4.69, 9.17) is 0 Å². The van der Waals surface area contributed by atoms with Crippen molar-refractivity contribution in [3.8, 4) is 11.1 Å². The predicted octanol–water partition coefficient (Wildman–Crippen LogP) is 1.34. The number of aryl methyl sites for hydroxylation is 1. The number of anilines is 1. The molecule has 1 aromatic carbocycles. The normalized spacial score (nSPS) is 17.2. The van der Waals surface area contributed by atoms with Crippen molar-refractivity contribution in [1.29, 1.82) is 0 Å². The van der Waals surface area contributed by atoms with Gasteiger partial charge in [-0.05, 0) is 61.8 Å². The van der Waals surface area contributed by atoms with Crippen LogP contribution in [0.25, 0.3) is 23.4 Å². The average molecular weight is 320 g/mol. The molecule has 2 aliphatic heterocycles. The molecule has 2 aromatic rings. The Labute approximate surface area is 142 Å². The monoisotopic (exact) mass is 320 g/mol. The van der Waals surface area contributed by atoms with E-state index in [1.807, 2.05) is 13.1 Å². The van der Waals surface area contributed by atoms with Gasteiger partial charge >= 0.3 is 0 Å². The lowest BCUT2D eigenvalue weighted by molar-refractivity contribution is 0.479. The molecule has 0 radical (unpaired) electrons. The van der Waals surface area contributed by atoms with Gasteiger partial charge in [0.2, 0.25) is 0 Å². The maximum atomic E-state index is 4.45. The molecule has 0 unspecified atom stereocenters. The number of piperidine rings is 1. The van der Waals surface area contributed by atoms with Gasteiger partial charge in [-0.2, -0.15) is 0 Å². The minimum Gasteiger partial charge on any atom is -0.387 e. The lowest BCUT2D eigenvalue weighted by atomic mass is 10.0. The molecular weight excluding hydrogens is 296 g/mol. The zero-order valence-electron chi connectivity index (χ0n) is 14.1. The fourth-order valence-electron chi connectivity index (χ4n) is 3.45. The van der Waals surface area contributed by atoms with Crippen LogP contribution >= 0.6 is 0 Å². The van der Waals surface area contributed by atoms with Crippen LogP contribution in [0.15, 0.2) is 30.5 Å². The van der Waals surface area contributed by atoms with Crippen molar-refractivity contribution in [2.24, 2.45) is 0 Å². The van der Waals surface area contributed by atoms with Gasteiger partial charge in [0.25, 0.3) is 0 Å². The quantitative estimate of drug-likeness (QED) is 0.799. The van der Waals surface area contributed by atoms with E-state index in [2.05, 4.69) is 57.5 Å². The highest BCUT2D eigenvalue weighted by molar-refractivity contribution is 5.70. The van der Waals surface area contributed by atoms with Gasteiger partial charge in [0.15, 0.2) is 0 Å². The Bertz CT molecular complexity index is 833. The Morgan fingerprint density at radius 3 is 2.79 bits per heavy atom. The lowest BCUT2D eigenvalue weighted by Gasteiger charge is -2.25. The first kappa shape index (κ1) is 15.2. The summed E-state index contributed by atoms with van der Waals surface area (Å²) >= 11 is 0. The summed E-state index contributed by atoms with van der Waals surface area (Å²) in [6.45, 7) is 5.09. The molecule has 3 heterocycles. The van der Waals surface area contributed by atoms with Crippen LogP contribution in [0.1, 0.15) is 18.5 Å². The van der Waals surface area contributed by atoms with Crippen LogP contribution in [0.5, 0.6) is 0 Å². The second-order valence-electron chi connectivity index (χ2n) is 6.64. The zero-order chi connectivity index (χ0) is 16.4. The summed E-state index contributed by atoms with van der Waals surface area (Å²) in [5.74, 6) is 0. The first-order valence-corrected chi connectivity index (χ1v) is 8.78. The van der Waals surface area contributed by atoms with Crippen LogP contribution in [0, 0.1) is 6.92 Å². The number of hydrogen-bond donors (Lipinski definition) is 3. The molecular formula is C20H24N4. The van der Waals surface area contributed by atoms with Crippen molar-refractivity contribution in [2.75, 3.05) is 25.0 Å². The van der Waals surface area contributed by atoms with Crippen LogP contribution in [0.4, 0.5) is 5.69 Å². The number of benzene rings is 1. The SMILES string of the molecule is Cc1ccc(-c2cc(NC3CCNCC3)c3c(c2)=CCNC=3)cn1. The van der Waals surface area contributed by atoms with Crippen molar-refractivity contribution in [3.05, 3.63) is 46.6 Å². The second kappa shape index (κ2) is 6.65. The summed E-state index contributed by atoms with van der Waals surface area (Å²) in [5, 5.41) is 13.1. The van der Waals surface area contributed by atoms with Gasteiger partial charge in [0, 0.05) is 47.1 Å². The standard InChI is InChI=1S/C20H24N4/c1-14-2-3-16(12-23-14)17-10-15-4-7-22-13-19(15)20(11-17)24-18-5-8-21-9-6-18/h2-4,10-13,18,21-22,24H,5-9H2,1H3. The third kappa shape index (κ3) is 3.15. The topological polar surface area (TPSA) is 49.0 Å². The summed E-state index contributed by atoms with van der Waals surface area (Å²) in [5.41, 5.74) is 4.67. The molecule has 0 atom stereocenters. The van der Waals surface area contributed by atoms with Gasteiger partial charge < -0.3 is 16.0 Å². The number of hydrogen-bond acceptors (Lipinski definition) is 4. The minimum absolute atomic E-state index is 0.539. The maximum Gasteiger partial charge on any atom is 0.0442 e. The van der Waals surface area contributed by atoms with Crippen molar-refractivity contribution in [3.63, 3.8) is 0 Å². The Kier molecular flexibility index (Phi) is 4.22. The van der Waals surface area contributed by atoms with Crippen molar-refractivity contribution in [1.82, 2.24) is 15.6 Å². The van der Waals surface area contributed by atoms with E-state index >= 15 is 0 Å². The number of nitrogens with one attached hydrogen (secondary N) is 3. The molecule has 0 bridgehead atoms. The molecule has 1 saturated heterocycles. The molecule has 3 N–H and O–H groups in total. The Hall–Kier alpha value is -2.33. The molecule has 4 nitrogen and oxygen atoms in total. The average Bonchev–Trinajstić information content (AvgIpc) is 2.63. The lowest BCUT2D eigenvalue weighted by Crippen LogP contribution is -2.40. The Morgan fingerprint density at radius 2 is 2.00 bits per heavy atom. The van der Waals surface area contributed by atoms with E-state index in [0.29, 0.717) is 6.04 Å². The summed E-state index contributed by atoms with van der Waals surface area (Å²) in [6.07, 6.45) is 8.70. The van der Waals surface area contributed by atoms with E-state index in [0.717, 1.165) is 25.3 Å². The Balaban J connectivity index is 1.76. The molecule has 0 spiro atoms. The summed E-state index contributed by atoms with van der Waals surface area (Å²) in [7, 11) is 0. The summed E-state index contributed by atoms with van der Waals surface area (Å²) < 4.78 is 0. The third-order valence-electron chi connectivity index (χ3n) is 4.84. The first-order valence-electron chi connectivity index (χ1n) is 8.78. The molecule has 0 amide bonds. The van der Waals surface area contributed by atoms with E-state index in [1.165, 1.54) is 40.1 Å². The summed E-state index contributed by atoms with van der Waals surface area (Å²) in [4.78, 5) is 4.45. The van der Waals surface area contributed by atoms with Crippen LogP contribution in [-0.2, 0) is 0 Å². The highest BCUT2D eigenvalue weighted by atomic mass is 15.0. The predicted molar refractivity (Wildman–Crippen MR) is 100 cm³/mol. The van der Waals surface area contributed by atoms with Gasteiger partial charge in [-0.15, -0.1) is 0 Å². The van der Waals surface area contributed by atoms with Crippen molar-refractivity contribution < 1.29 is 0 Å². The summed E-state index contributed by atoms with van der Waals surface area (Å²) in [6, 6.07) is 9.31. The molecule has 0 aliphatic carbocycles. The molecule has 2 aliphatic rings. The number of rotatable bonds is 3. The van der Waals surface area contributed by atoms with Gasteiger partial charge in [0.05, 0.1) is 0 Å². The van der Waals surface area contributed by atoms with Crippen LogP contribution < -0.4 is 26.4 Å². The van der Waals surface area contributed by atoms with Crippen molar-refractivity contribution in [2.45, 2.75) is 25.8 Å². The van der Waals surface area contributed by atoms with Crippen LogP contribution in [0.3, 0.4) is 0 Å². The van der Waals surface area contributed by atoms with Gasteiger partial charge in [0.1, 0.15) is 0 Å². The Morgan fingerprint density at radius 1 is 1.12 bits per heavy atom. The first-order chi connectivity index (χ1) is 11.8. The van der Waals surface area contributed by atoms with Crippen molar-refractivity contribution >= 4 is 18.0 Å². The molecule has 1 fully saturated rings. The third-order valence-corrected chi connectivity index (χ3v) is 4.84. The molecule has 24 heavy (non-hydrogen) atoms. The fourth-order valence-corrected chi connectivity index (χ4v) is 3.45. The van der Waals surface area contributed by atoms with E-state index < -0.39 is 0 Å². The largest absolute Gasteiger partial charge is 0.387 e. The number of fused-ring (bicyclic) bond motifs is 1. The number of nitrogens with zero attached hydrogens (tertiary/aromatic N) is 1. The van der Waals surface area contributed by atoms with Crippen LogP contribution in [-0.4, -0.2) is 30.7 Å². The van der Waals surface area contributed by atoms with Gasteiger partial charge in [-0.3, -0.25) is 4.98 Å². The second-order valence-corrected chi connectivity index (χ2v) is 6.64. The molecule has 0 saturated carbocycles. The van der Waals surface area contributed by atoms with E-state index in [9.17, 15) is 0 Å². The molecule has 124 valence electrons. The van der Waals surface area contributed by atoms with E-state index in [-0.39, 0.29) is 0 Å². The van der Waals surface area contributed by atoms with Crippen LogP contribution in [0.2, 0.25) is 0 Å². The molecule has 4 rings (SSSR count). The smallest absolute Gasteiger partial charge is 0.0442 e. The molecule has 4 heteroatoms. The van der Waals surface area contributed by atoms with E-state index in [1.54, 1.807) is 0 Å². The number of aromatic nitrogens is 1. The van der Waals surface area contributed by atoms with Gasteiger partial charge in [-0.1, -0.05) is 12.1 Å². The fraction of sp³-hybridized carbons (Fsp3) is 0.350. The highest BCUT2D eigenvalue weighted by Gasteiger charge is 2.14. The highest BCUT2D eigenvalue weighted by Crippen LogP contribution is 2.20. The molecule has 1 aromatic heterocycles. The number of pyridine rings is 1. The zero-order valence-corrected chi connectivity index (χ0v) is 14.1.